The van der Waals surface area contributed by atoms with E-state index in [1.54, 1.807) is 12.3 Å². The number of aromatic nitrogens is 1. The maximum absolute atomic E-state index is 9.38. The fourth-order valence-electron chi connectivity index (χ4n) is 2.22. The van der Waals surface area contributed by atoms with Crippen molar-refractivity contribution in [3.05, 3.63) is 83.8 Å². The first-order valence-corrected chi connectivity index (χ1v) is 7.27. The van der Waals surface area contributed by atoms with Crippen molar-refractivity contribution in [1.82, 2.24) is 10.5 Å². The van der Waals surface area contributed by atoms with Gasteiger partial charge in [-0.15, -0.1) is 0 Å². The Labute approximate surface area is 134 Å². The summed E-state index contributed by atoms with van der Waals surface area (Å²) in [5, 5.41) is 16.6. The van der Waals surface area contributed by atoms with Gasteiger partial charge in [-0.2, -0.15) is 5.26 Å². The minimum absolute atomic E-state index is 0.439. The zero-order chi connectivity index (χ0) is 15.9. The number of nitrogens with one attached hydrogen (secondary N) is 1. The van der Waals surface area contributed by atoms with Crippen molar-refractivity contribution in [2.45, 2.75) is 6.54 Å². The molecule has 0 saturated heterocycles. The third-order valence-corrected chi connectivity index (χ3v) is 3.38. The summed E-state index contributed by atoms with van der Waals surface area (Å²) in [7, 11) is 0. The van der Waals surface area contributed by atoms with Crippen LogP contribution in [0.25, 0.3) is 17.3 Å². The van der Waals surface area contributed by atoms with E-state index >= 15 is 0 Å². The van der Waals surface area contributed by atoms with E-state index in [0.717, 1.165) is 5.56 Å². The first kappa shape index (κ1) is 14.6. The standard InChI is InChI=1S/C19H15N3O/c20-13-17-18(11-12-21-14-15-7-3-1-4-8-15)23-22-19(17)16-9-5-2-6-10-16/h1-12,21H,14H2/b12-11+. The molecule has 4 nitrogen and oxygen atoms in total. The summed E-state index contributed by atoms with van der Waals surface area (Å²) < 4.78 is 5.29. The van der Waals surface area contributed by atoms with Gasteiger partial charge in [0.25, 0.3) is 0 Å². The zero-order valence-corrected chi connectivity index (χ0v) is 12.4. The van der Waals surface area contributed by atoms with Crippen LogP contribution in [0.5, 0.6) is 0 Å². The average Bonchev–Trinajstić information content (AvgIpc) is 3.03. The topological polar surface area (TPSA) is 61.9 Å². The van der Waals surface area contributed by atoms with Crippen LogP contribution in [0, 0.1) is 11.3 Å². The van der Waals surface area contributed by atoms with Crippen molar-refractivity contribution in [3.8, 4) is 17.3 Å². The summed E-state index contributed by atoms with van der Waals surface area (Å²) in [6, 6.07) is 21.8. The Morgan fingerprint density at radius 1 is 1.04 bits per heavy atom. The van der Waals surface area contributed by atoms with Gasteiger partial charge in [-0.05, 0) is 5.56 Å². The monoisotopic (exact) mass is 301 g/mol. The van der Waals surface area contributed by atoms with Crippen LogP contribution in [0.15, 0.2) is 71.4 Å². The number of hydrogen-bond donors (Lipinski definition) is 1. The Balaban J connectivity index is 1.73. The van der Waals surface area contributed by atoms with Gasteiger partial charge in [0.1, 0.15) is 17.3 Å². The predicted octanol–water partition coefficient (Wildman–Crippen LogP) is 3.97. The van der Waals surface area contributed by atoms with Gasteiger partial charge in [-0.25, -0.2) is 0 Å². The van der Waals surface area contributed by atoms with E-state index in [9.17, 15) is 5.26 Å². The third-order valence-electron chi connectivity index (χ3n) is 3.38. The number of rotatable bonds is 5. The first-order valence-electron chi connectivity index (χ1n) is 7.27. The van der Waals surface area contributed by atoms with Gasteiger partial charge < -0.3 is 9.84 Å². The minimum Gasteiger partial charge on any atom is -0.387 e. The van der Waals surface area contributed by atoms with Gasteiger partial charge in [0.15, 0.2) is 5.76 Å². The lowest BCUT2D eigenvalue weighted by molar-refractivity contribution is 0.414. The van der Waals surface area contributed by atoms with Gasteiger partial charge in [0, 0.05) is 24.4 Å². The lowest BCUT2D eigenvalue weighted by Gasteiger charge is -1.99. The van der Waals surface area contributed by atoms with Crippen LogP contribution in [0.2, 0.25) is 0 Å². The Kier molecular flexibility index (Phi) is 4.51. The zero-order valence-electron chi connectivity index (χ0n) is 12.4. The van der Waals surface area contributed by atoms with Gasteiger partial charge in [0.05, 0.1) is 0 Å². The fourth-order valence-corrected chi connectivity index (χ4v) is 2.22. The highest BCUT2D eigenvalue weighted by molar-refractivity contribution is 5.70. The summed E-state index contributed by atoms with van der Waals surface area (Å²) in [4.78, 5) is 0. The SMILES string of the molecule is N#Cc1c(-c2ccccc2)noc1/C=C/NCc1ccccc1. The van der Waals surface area contributed by atoms with Crippen molar-refractivity contribution in [1.29, 1.82) is 5.26 Å². The molecule has 0 fully saturated rings. The van der Waals surface area contributed by atoms with Crippen LogP contribution in [0.3, 0.4) is 0 Å². The van der Waals surface area contributed by atoms with Gasteiger partial charge in [0.2, 0.25) is 0 Å². The fraction of sp³-hybridized carbons (Fsp3) is 0.0526. The molecule has 1 heterocycles. The molecule has 0 unspecified atom stereocenters. The smallest absolute Gasteiger partial charge is 0.179 e. The highest BCUT2D eigenvalue weighted by Crippen LogP contribution is 2.25. The lowest BCUT2D eigenvalue weighted by atomic mass is 10.1. The second-order valence-electron chi connectivity index (χ2n) is 4.95. The van der Waals surface area contributed by atoms with Crippen LogP contribution in [0.4, 0.5) is 0 Å². The molecule has 4 heteroatoms. The first-order chi connectivity index (χ1) is 11.4. The maximum atomic E-state index is 9.38. The van der Waals surface area contributed by atoms with Crippen LogP contribution in [-0.4, -0.2) is 5.16 Å². The Hall–Kier alpha value is -3.32. The lowest BCUT2D eigenvalue weighted by Crippen LogP contribution is -2.03. The second-order valence-corrected chi connectivity index (χ2v) is 4.95. The van der Waals surface area contributed by atoms with E-state index in [4.69, 9.17) is 4.52 Å². The molecule has 1 aromatic heterocycles. The molecular weight excluding hydrogens is 286 g/mol. The maximum Gasteiger partial charge on any atom is 0.179 e. The summed E-state index contributed by atoms with van der Waals surface area (Å²) >= 11 is 0. The molecule has 0 radical (unpaired) electrons. The van der Waals surface area contributed by atoms with Crippen molar-refractivity contribution in [2.75, 3.05) is 0 Å². The molecule has 0 aliphatic rings. The van der Waals surface area contributed by atoms with E-state index in [-0.39, 0.29) is 0 Å². The van der Waals surface area contributed by atoms with E-state index in [1.807, 2.05) is 60.7 Å². The molecule has 2 aromatic carbocycles. The quantitative estimate of drug-likeness (QED) is 0.774. The van der Waals surface area contributed by atoms with E-state index < -0.39 is 0 Å². The number of nitriles is 1. The molecule has 3 rings (SSSR count). The van der Waals surface area contributed by atoms with Gasteiger partial charge in [-0.1, -0.05) is 65.8 Å². The van der Waals surface area contributed by atoms with Gasteiger partial charge >= 0.3 is 0 Å². The summed E-state index contributed by atoms with van der Waals surface area (Å²) in [6.45, 7) is 0.707. The molecule has 23 heavy (non-hydrogen) atoms. The molecule has 0 aliphatic heterocycles. The molecule has 1 N–H and O–H groups in total. The largest absolute Gasteiger partial charge is 0.387 e. The molecule has 0 atom stereocenters. The number of hydrogen-bond acceptors (Lipinski definition) is 4. The van der Waals surface area contributed by atoms with Crippen LogP contribution >= 0.6 is 0 Å². The van der Waals surface area contributed by atoms with Crippen LogP contribution < -0.4 is 5.32 Å². The second kappa shape index (κ2) is 7.10. The predicted molar refractivity (Wildman–Crippen MR) is 89.0 cm³/mol. The molecule has 0 spiro atoms. The molecule has 0 saturated carbocycles. The molecule has 0 amide bonds. The number of nitrogens with zero attached hydrogens (tertiary/aromatic N) is 2. The van der Waals surface area contributed by atoms with E-state index in [0.29, 0.717) is 23.6 Å². The third kappa shape index (κ3) is 3.47. The summed E-state index contributed by atoms with van der Waals surface area (Å²) in [5.74, 6) is 0.451. The van der Waals surface area contributed by atoms with Crippen LogP contribution in [-0.2, 0) is 6.54 Å². The molecule has 0 aliphatic carbocycles. The highest BCUT2D eigenvalue weighted by Gasteiger charge is 2.14. The van der Waals surface area contributed by atoms with Crippen molar-refractivity contribution in [2.24, 2.45) is 0 Å². The van der Waals surface area contributed by atoms with Crippen molar-refractivity contribution >= 4 is 6.08 Å². The van der Waals surface area contributed by atoms with E-state index in [2.05, 4.69) is 16.5 Å². The summed E-state index contributed by atoms with van der Waals surface area (Å²) in [6.07, 6.45) is 3.49. The van der Waals surface area contributed by atoms with Crippen LogP contribution in [0.1, 0.15) is 16.9 Å². The molecule has 3 aromatic rings. The minimum atomic E-state index is 0.439. The molecule has 0 bridgehead atoms. The normalized spacial score (nSPS) is 10.6. The number of benzene rings is 2. The summed E-state index contributed by atoms with van der Waals surface area (Å²) in [5.41, 5.74) is 3.05. The molecule has 112 valence electrons. The van der Waals surface area contributed by atoms with E-state index in [1.165, 1.54) is 5.56 Å². The van der Waals surface area contributed by atoms with Gasteiger partial charge in [-0.3, -0.25) is 0 Å². The molecular formula is C19H15N3O. The highest BCUT2D eigenvalue weighted by atomic mass is 16.5. The van der Waals surface area contributed by atoms with Crippen molar-refractivity contribution < 1.29 is 4.52 Å². The Bertz CT molecular complexity index is 830. The van der Waals surface area contributed by atoms with Crippen molar-refractivity contribution in [3.63, 3.8) is 0 Å². The Morgan fingerprint density at radius 2 is 1.74 bits per heavy atom. The average molecular weight is 301 g/mol. The Morgan fingerprint density at radius 3 is 2.43 bits per heavy atom.